The number of halogens is 2. The number of fused-ring (bicyclic) bond motifs is 1. The number of anilines is 1. The van der Waals surface area contributed by atoms with Gasteiger partial charge in [-0.3, -0.25) is 15.2 Å². The highest BCUT2D eigenvalue weighted by molar-refractivity contribution is 5.97. The van der Waals surface area contributed by atoms with Crippen molar-refractivity contribution in [3.05, 3.63) is 53.7 Å². The summed E-state index contributed by atoms with van der Waals surface area (Å²) in [6.45, 7) is 8.06. The Kier molecular flexibility index (Phi) is 10.2. The molecule has 12 heteroatoms. The van der Waals surface area contributed by atoms with E-state index >= 15 is 0 Å². The van der Waals surface area contributed by atoms with Crippen molar-refractivity contribution in [3.63, 3.8) is 0 Å². The highest BCUT2D eigenvalue weighted by atomic mass is 19.3. The third kappa shape index (κ3) is 8.09. The van der Waals surface area contributed by atoms with Gasteiger partial charge in [0.1, 0.15) is 11.8 Å². The number of likely N-dealkylation sites (tertiary alicyclic amines) is 1. The van der Waals surface area contributed by atoms with Crippen LogP contribution >= 0.6 is 0 Å². The van der Waals surface area contributed by atoms with Gasteiger partial charge in [-0.1, -0.05) is 0 Å². The number of carbonyl (C=O) groups is 1. The van der Waals surface area contributed by atoms with Crippen LogP contribution in [-0.4, -0.2) is 92.4 Å². The fraction of sp³-hybridized carbons (Fsp3) is 0.485. The van der Waals surface area contributed by atoms with Crippen molar-refractivity contribution < 1.29 is 27.8 Å². The quantitative estimate of drug-likeness (QED) is 0.300. The molecule has 0 bridgehead atoms. The van der Waals surface area contributed by atoms with Crippen LogP contribution in [0.15, 0.2) is 42.6 Å². The van der Waals surface area contributed by atoms with Gasteiger partial charge in [-0.2, -0.15) is 5.26 Å². The average Bonchev–Trinajstić information content (AvgIpc) is 3.03. The SMILES string of the molecule is COc1cc2c(N3CCN(NC(=O)c4ccc(OC(C)C)cc4)CC3)c(C#N)cnc2cc1OCCCN1CCC(F)(F)CC1. The number of rotatable bonds is 11. The fourth-order valence-electron chi connectivity index (χ4n) is 5.66. The molecule has 2 aliphatic rings. The van der Waals surface area contributed by atoms with E-state index in [2.05, 4.69) is 21.4 Å². The number of pyridine rings is 1. The standard InChI is InChI=1S/C33H40F2N6O4/c1-23(2)45-26-7-5-24(6-8-26)32(42)38-41-16-14-40(15-17-41)31-25(21-36)22-37-28-20-30(29(43-3)19-27(28)31)44-18-4-11-39-12-9-33(34,35)10-13-39/h5-8,19-20,22-23H,4,9-18H2,1-3H3,(H,38,42). The van der Waals surface area contributed by atoms with E-state index in [0.717, 1.165) is 11.1 Å². The van der Waals surface area contributed by atoms with Gasteiger partial charge in [0, 0.05) is 81.9 Å². The summed E-state index contributed by atoms with van der Waals surface area (Å²) in [5.74, 6) is -0.971. The van der Waals surface area contributed by atoms with Crippen LogP contribution in [0.25, 0.3) is 10.9 Å². The predicted molar refractivity (Wildman–Crippen MR) is 167 cm³/mol. The third-order valence-electron chi connectivity index (χ3n) is 8.05. The van der Waals surface area contributed by atoms with Crippen molar-refractivity contribution in [3.8, 4) is 23.3 Å². The molecule has 0 spiro atoms. The molecule has 1 N–H and O–H groups in total. The number of hydrazine groups is 1. The number of aromatic nitrogens is 1. The number of piperazine rings is 1. The Bertz CT molecular complexity index is 1510. The van der Waals surface area contributed by atoms with Crippen LogP contribution in [0.1, 0.15) is 49.0 Å². The lowest BCUT2D eigenvalue weighted by atomic mass is 10.1. The van der Waals surface area contributed by atoms with Crippen molar-refractivity contribution in [1.29, 1.82) is 5.26 Å². The van der Waals surface area contributed by atoms with Crippen molar-refractivity contribution in [2.75, 3.05) is 64.4 Å². The molecule has 0 radical (unpaired) electrons. The van der Waals surface area contributed by atoms with Crippen LogP contribution in [0.5, 0.6) is 17.2 Å². The average molecular weight is 623 g/mol. The largest absolute Gasteiger partial charge is 0.493 e. The van der Waals surface area contributed by atoms with Gasteiger partial charge in [-0.25, -0.2) is 13.8 Å². The number of piperidine rings is 1. The molecule has 5 rings (SSSR count). The van der Waals surface area contributed by atoms with Gasteiger partial charge in [0.2, 0.25) is 0 Å². The van der Waals surface area contributed by atoms with E-state index in [1.165, 1.54) is 0 Å². The second-order valence-electron chi connectivity index (χ2n) is 11.7. The number of nitrogens with one attached hydrogen (secondary N) is 1. The summed E-state index contributed by atoms with van der Waals surface area (Å²) in [7, 11) is 1.57. The molecule has 10 nitrogen and oxygen atoms in total. The van der Waals surface area contributed by atoms with Gasteiger partial charge < -0.3 is 24.0 Å². The monoisotopic (exact) mass is 622 g/mol. The molecule has 0 atom stereocenters. The van der Waals surface area contributed by atoms with Crippen molar-refractivity contribution in [2.45, 2.75) is 45.1 Å². The molecule has 3 aromatic rings. The number of methoxy groups -OCH3 is 1. The topological polar surface area (TPSA) is 103 Å². The Balaban J connectivity index is 1.21. The van der Waals surface area contributed by atoms with Gasteiger partial charge in [-0.05, 0) is 50.6 Å². The van der Waals surface area contributed by atoms with Gasteiger partial charge >= 0.3 is 0 Å². The van der Waals surface area contributed by atoms with Crippen LogP contribution in [0.3, 0.4) is 0 Å². The molecule has 45 heavy (non-hydrogen) atoms. The minimum Gasteiger partial charge on any atom is -0.493 e. The summed E-state index contributed by atoms with van der Waals surface area (Å²) >= 11 is 0. The van der Waals surface area contributed by atoms with Crippen LogP contribution in [0.2, 0.25) is 0 Å². The maximum atomic E-state index is 13.4. The summed E-state index contributed by atoms with van der Waals surface area (Å²) in [4.78, 5) is 21.6. The van der Waals surface area contributed by atoms with E-state index in [-0.39, 0.29) is 24.9 Å². The second-order valence-corrected chi connectivity index (χ2v) is 11.7. The van der Waals surface area contributed by atoms with Crippen LogP contribution < -0.4 is 24.5 Å². The zero-order chi connectivity index (χ0) is 32.0. The number of ether oxygens (including phenoxy) is 3. The Hall–Kier alpha value is -4.21. The van der Waals surface area contributed by atoms with E-state index in [4.69, 9.17) is 14.2 Å². The predicted octanol–water partition coefficient (Wildman–Crippen LogP) is 4.87. The Labute approximate surface area is 262 Å². The van der Waals surface area contributed by atoms with Gasteiger partial charge in [-0.15, -0.1) is 0 Å². The van der Waals surface area contributed by atoms with Crippen molar-refractivity contribution in [1.82, 2.24) is 20.3 Å². The maximum absolute atomic E-state index is 13.4. The summed E-state index contributed by atoms with van der Waals surface area (Å²) in [5.41, 5.74) is 5.41. The van der Waals surface area contributed by atoms with Crippen LogP contribution in [-0.2, 0) is 0 Å². The molecule has 0 aliphatic carbocycles. The van der Waals surface area contributed by atoms with E-state index in [9.17, 15) is 18.8 Å². The van der Waals surface area contributed by atoms with Crippen LogP contribution in [0, 0.1) is 11.3 Å². The van der Waals surface area contributed by atoms with E-state index in [0.29, 0.717) is 92.7 Å². The minimum atomic E-state index is -2.55. The zero-order valence-corrected chi connectivity index (χ0v) is 26.0. The lowest BCUT2D eigenvalue weighted by molar-refractivity contribution is -0.0554. The van der Waals surface area contributed by atoms with Crippen molar-refractivity contribution in [2.24, 2.45) is 0 Å². The molecule has 1 aromatic heterocycles. The highest BCUT2D eigenvalue weighted by Gasteiger charge is 2.33. The molecule has 1 amide bonds. The first kappa shape index (κ1) is 32.2. The summed E-state index contributed by atoms with van der Waals surface area (Å²) in [6.07, 6.45) is 2.12. The van der Waals surface area contributed by atoms with Crippen LogP contribution in [0.4, 0.5) is 14.5 Å². The number of amides is 1. The Morgan fingerprint density at radius 1 is 1.07 bits per heavy atom. The lowest BCUT2D eigenvalue weighted by Crippen LogP contribution is -2.53. The van der Waals surface area contributed by atoms with Gasteiger partial charge in [0.05, 0.1) is 36.6 Å². The lowest BCUT2D eigenvalue weighted by Gasteiger charge is -2.36. The molecule has 0 saturated carbocycles. The number of carbonyl (C=O) groups excluding carboxylic acids is 1. The maximum Gasteiger partial charge on any atom is 0.265 e. The Morgan fingerprint density at radius 3 is 2.42 bits per heavy atom. The number of nitriles is 1. The third-order valence-corrected chi connectivity index (χ3v) is 8.05. The number of hydrogen-bond donors (Lipinski definition) is 1. The molecule has 2 fully saturated rings. The molecular formula is C33H40F2N6O4. The normalized spacial score (nSPS) is 17.2. The minimum absolute atomic E-state index is 0.0554. The van der Waals surface area contributed by atoms with E-state index < -0.39 is 5.92 Å². The molecule has 240 valence electrons. The highest BCUT2D eigenvalue weighted by Crippen LogP contribution is 2.38. The molecule has 2 saturated heterocycles. The van der Waals surface area contributed by atoms with Crippen molar-refractivity contribution >= 4 is 22.5 Å². The van der Waals surface area contributed by atoms with Gasteiger partial charge in [0.15, 0.2) is 11.5 Å². The number of nitrogens with zero attached hydrogens (tertiary/aromatic N) is 5. The second kappa shape index (κ2) is 14.3. The molecule has 0 unspecified atom stereocenters. The number of hydrogen-bond acceptors (Lipinski definition) is 9. The van der Waals surface area contributed by atoms with E-state index in [1.54, 1.807) is 37.6 Å². The number of alkyl halides is 2. The summed E-state index contributed by atoms with van der Waals surface area (Å²) < 4.78 is 44.2. The molecule has 2 aromatic carbocycles. The fourth-order valence-corrected chi connectivity index (χ4v) is 5.66. The Morgan fingerprint density at radius 2 is 1.78 bits per heavy atom. The summed E-state index contributed by atoms with van der Waals surface area (Å²) in [6, 6.07) is 13.0. The summed E-state index contributed by atoms with van der Waals surface area (Å²) in [5, 5.41) is 12.6. The van der Waals surface area contributed by atoms with E-state index in [1.807, 2.05) is 35.9 Å². The first-order valence-electron chi connectivity index (χ1n) is 15.4. The smallest absolute Gasteiger partial charge is 0.265 e. The first-order chi connectivity index (χ1) is 21.7. The first-order valence-corrected chi connectivity index (χ1v) is 15.4. The molecule has 2 aliphatic heterocycles. The zero-order valence-electron chi connectivity index (χ0n) is 26.0. The number of benzene rings is 2. The molecule has 3 heterocycles. The molecular weight excluding hydrogens is 582 g/mol. The van der Waals surface area contributed by atoms with Gasteiger partial charge in [0.25, 0.3) is 11.8 Å².